The molecular formula is C24H24N2O7. The molecule has 4 rings (SSSR count). The Morgan fingerprint density at radius 2 is 1.76 bits per heavy atom. The Labute approximate surface area is 189 Å². The van der Waals surface area contributed by atoms with Gasteiger partial charge in [-0.3, -0.25) is 9.89 Å². The van der Waals surface area contributed by atoms with E-state index >= 15 is 0 Å². The number of H-pyrrole nitrogens is 1. The Balaban J connectivity index is 1.63. The van der Waals surface area contributed by atoms with Gasteiger partial charge in [0.05, 0.1) is 17.9 Å². The number of benzene rings is 1. The smallest absolute Gasteiger partial charge is 0.357 e. The van der Waals surface area contributed by atoms with Crippen LogP contribution in [0.2, 0.25) is 0 Å². The first-order valence-electron chi connectivity index (χ1n) is 10.9. The summed E-state index contributed by atoms with van der Waals surface area (Å²) in [6.07, 6.45) is 7.49. The Morgan fingerprint density at radius 1 is 1.09 bits per heavy atom. The number of para-hydroxylation sites is 1. The third-order valence-corrected chi connectivity index (χ3v) is 5.56. The second kappa shape index (κ2) is 9.32. The minimum Gasteiger partial charge on any atom is -0.461 e. The predicted molar refractivity (Wildman–Crippen MR) is 117 cm³/mol. The van der Waals surface area contributed by atoms with Crippen LogP contribution in [0, 0.1) is 0 Å². The van der Waals surface area contributed by atoms with Crippen LogP contribution >= 0.6 is 0 Å². The minimum absolute atomic E-state index is 0.0236. The summed E-state index contributed by atoms with van der Waals surface area (Å²) in [6.45, 7) is 1.79. The maximum Gasteiger partial charge on any atom is 0.357 e. The molecule has 1 aliphatic carbocycles. The lowest BCUT2D eigenvalue weighted by Crippen LogP contribution is -2.47. The molecule has 1 aromatic heterocycles. The molecule has 0 bridgehead atoms. The van der Waals surface area contributed by atoms with Crippen molar-refractivity contribution < 1.29 is 28.6 Å². The molecule has 2 aromatic rings. The van der Waals surface area contributed by atoms with Crippen LogP contribution in [0.3, 0.4) is 0 Å². The molecule has 9 nitrogen and oxygen atoms in total. The van der Waals surface area contributed by atoms with Crippen molar-refractivity contribution in [1.82, 2.24) is 9.78 Å². The van der Waals surface area contributed by atoms with Crippen molar-refractivity contribution in [3.05, 3.63) is 69.7 Å². The molecule has 1 N–H and O–H groups in total. The van der Waals surface area contributed by atoms with Gasteiger partial charge in [0.1, 0.15) is 5.57 Å². The summed E-state index contributed by atoms with van der Waals surface area (Å²) in [5, 5.41) is 2.77. The molecule has 1 aromatic carbocycles. The topological polar surface area (TPSA) is 117 Å². The van der Waals surface area contributed by atoms with Gasteiger partial charge in [-0.25, -0.2) is 19.1 Å². The molecule has 0 atom stereocenters. The number of nitrogens with zero attached hydrogens (tertiary/aromatic N) is 1. The van der Waals surface area contributed by atoms with Crippen LogP contribution in [0.4, 0.5) is 0 Å². The lowest BCUT2D eigenvalue weighted by molar-refractivity contribution is -0.244. The third-order valence-electron chi connectivity index (χ3n) is 5.56. The number of rotatable bonds is 5. The fourth-order valence-corrected chi connectivity index (χ4v) is 3.95. The number of allylic oxidation sites excluding steroid dienone is 2. The van der Waals surface area contributed by atoms with E-state index < -0.39 is 29.3 Å². The second-order valence-corrected chi connectivity index (χ2v) is 7.79. The summed E-state index contributed by atoms with van der Waals surface area (Å²) in [5.74, 6) is -3.40. The van der Waals surface area contributed by atoms with Crippen molar-refractivity contribution in [2.24, 2.45) is 0 Å². The molecule has 0 radical (unpaired) electrons. The van der Waals surface area contributed by atoms with Crippen LogP contribution in [-0.2, 0) is 23.8 Å². The number of ether oxygens (including phenoxy) is 3. The van der Waals surface area contributed by atoms with Crippen LogP contribution in [0.1, 0.15) is 55.1 Å². The van der Waals surface area contributed by atoms with E-state index in [0.717, 1.165) is 19.3 Å². The highest BCUT2D eigenvalue weighted by Gasteiger charge is 2.46. The van der Waals surface area contributed by atoms with Crippen LogP contribution in [0.5, 0.6) is 0 Å². The van der Waals surface area contributed by atoms with E-state index in [1.165, 1.54) is 22.9 Å². The number of aromatic nitrogens is 2. The van der Waals surface area contributed by atoms with Gasteiger partial charge in [0.2, 0.25) is 0 Å². The van der Waals surface area contributed by atoms with Crippen molar-refractivity contribution >= 4 is 24.0 Å². The van der Waals surface area contributed by atoms with Crippen molar-refractivity contribution in [2.45, 2.75) is 44.8 Å². The van der Waals surface area contributed by atoms with Gasteiger partial charge in [-0.1, -0.05) is 30.7 Å². The van der Waals surface area contributed by atoms with Crippen LogP contribution in [0.25, 0.3) is 11.8 Å². The molecule has 172 valence electrons. The molecule has 0 amide bonds. The minimum atomic E-state index is -1.17. The predicted octanol–water partition coefficient (Wildman–Crippen LogP) is 3.04. The van der Waals surface area contributed by atoms with E-state index in [9.17, 15) is 19.2 Å². The number of nitrogens with one attached hydrogen (secondary N) is 1. The molecule has 2 aliphatic rings. The Kier molecular flexibility index (Phi) is 6.30. The zero-order valence-electron chi connectivity index (χ0n) is 18.2. The quantitative estimate of drug-likeness (QED) is 0.421. The number of hydrogen-bond acceptors (Lipinski definition) is 7. The Hall–Kier alpha value is -3.88. The van der Waals surface area contributed by atoms with E-state index in [0.29, 0.717) is 18.5 Å². The van der Waals surface area contributed by atoms with Crippen molar-refractivity contribution in [1.29, 1.82) is 0 Å². The van der Waals surface area contributed by atoms with Gasteiger partial charge in [-0.2, -0.15) is 0 Å². The van der Waals surface area contributed by atoms with Gasteiger partial charge < -0.3 is 14.2 Å². The zero-order chi connectivity index (χ0) is 23.4. The first kappa shape index (κ1) is 22.3. The summed E-state index contributed by atoms with van der Waals surface area (Å²) < 4.78 is 17.2. The van der Waals surface area contributed by atoms with Crippen LogP contribution < -0.4 is 5.56 Å². The average Bonchev–Trinajstić information content (AvgIpc) is 3.13. The highest BCUT2D eigenvalue weighted by atomic mass is 16.7. The van der Waals surface area contributed by atoms with Crippen molar-refractivity contribution in [2.75, 3.05) is 6.61 Å². The summed E-state index contributed by atoms with van der Waals surface area (Å²) in [5.41, 5.74) is -0.262. The first-order chi connectivity index (χ1) is 15.9. The molecular weight excluding hydrogens is 428 g/mol. The normalized spacial score (nSPS) is 17.7. The number of carbonyl (C=O) groups is 3. The first-order valence-corrected chi connectivity index (χ1v) is 10.9. The average molecular weight is 452 g/mol. The molecule has 33 heavy (non-hydrogen) atoms. The van der Waals surface area contributed by atoms with Crippen LogP contribution in [-0.4, -0.2) is 40.1 Å². The fraction of sp³-hybridized carbons (Fsp3) is 0.333. The zero-order valence-corrected chi connectivity index (χ0v) is 18.2. The lowest BCUT2D eigenvalue weighted by atomic mass is 9.93. The Morgan fingerprint density at radius 3 is 2.39 bits per heavy atom. The van der Waals surface area contributed by atoms with E-state index in [1.807, 2.05) is 0 Å². The summed E-state index contributed by atoms with van der Waals surface area (Å²) in [4.78, 5) is 50.3. The monoisotopic (exact) mass is 452 g/mol. The molecule has 1 saturated carbocycles. The summed E-state index contributed by atoms with van der Waals surface area (Å²) in [7, 11) is 0. The highest BCUT2D eigenvalue weighted by molar-refractivity contribution is 6.15. The number of carbonyl (C=O) groups excluding carboxylic acids is 3. The van der Waals surface area contributed by atoms with Crippen molar-refractivity contribution in [3.63, 3.8) is 0 Å². The van der Waals surface area contributed by atoms with Gasteiger partial charge in [0, 0.05) is 12.8 Å². The molecule has 1 spiro atoms. The number of hydrogen-bond donors (Lipinski definition) is 1. The van der Waals surface area contributed by atoms with Crippen LogP contribution in [0.15, 0.2) is 52.9 Å². The molecule has 9 heteroatoms. The lowest BCUT2D eigenvalue weighted by Gasteiger charge is -2.38. The van der Waals surface area contributed by atoms with Crippen molar-refractivity contribution in [3.8, 4) is 5.69 Å². The number of aromatic amines is 1. The molecule has 2 fully saturated rings. The maximum absolute atomic E-state index is 13.0. The van der Waals surface area contributed by atoms with E-state index in [2.05, 4.69) is 5.10 Å². The second-order valence-electron chi connectivity index (χ2n) is 7.79. The number of esters is 3. The fourth-order valence-electron chi connectivity index (χ4n) is 3.95. The molecule has 0 unspecified atom stereocenters. The van der Waals surface area contributed by atoms with Gasteiger partial charge in [0.15, 0.2) is 5.69 Å². The van der Waals surface area contributed by atoms with Gasteiger partial charge in [-0.15, -0.1) is 0 Å². The van der Waals surface area contributed by atoms with E-state index in [4.69, 9.17) is 14.2 Å². The summed E-state index contributed by atoms with van der Waals surface area (Å²) in [6, 6.07) is 8.73. The highest BCUT2D eigenvalue weighted by Crippen LogP contribution is 2.37. The maximum atomic E-state index is 13.0. The largest absolute Gasteiger partial charge is 0.461 e. The van der Waals surface area contributed by atoms with E-state index in [1.54, 1.807) is 37.3 Å². The SMILES string of the molecule is CCOC(=O)c1[nH]n(-c2ccccc2)c(=O)c1/C=C/C=C1C(=O)OC2(CCCCC2)OC1=O. The molecule has 1 aliphatic heterocycles. The molecule has 1 saturated heterocycles. The van der Waals surface area contributed by atoms with Gasteiger partial charge in [-0.05, 0) is 44.1 Å². The Bertz CT molecular complexity index is 1160. The molecule has 2 heterocycles. The van der Waals surface area contributed by atoms with Gasteiger partial charge >= 0.3 is 17.9 Å². The van der Waals surface area contributed by atoms with Gasteiger partial charge in [0.25, 0.3) is 11.3 Å². The third kappa shape index (κ3) is 4.52. The summed E-state index contributed by atoms with van der Waals surface area (Å²) >= 11 is 0. The van der Waals surface area contributed by atoms with E-state index in [-0.39, 0.29) is 23.4 Å². The standard InChI is InChI=1S/C24H24N2O7/c1-2-31-23(30)19-17(20(27)26(25-19)16-10-5-3-6-11-16)12-9-13-18-21(28)32-24(33-22(18)29)14-7-4-8-15-24/h3,5-6,9-13,25H,2,4,7-8,14-15H2,1H3/b12-9+.